The molecule has 3 N–H and O–H groups in total. The van der Waals surface area contributed by atoms with Gasteiger partial charge in [-0.2, -0.15) is 0 Å². The second-order valence-electron chi connectivity index (χ2n) is 6.17. The largest absolute Gasteiger partial charge is 0.475 e. The van der Waals surface area contributed by atoms with Crippen LogP contribution in [0, 0.1) is 5.41 Å². The minimum Gasteiger partial charge on any atom is -0.475 e. The van der Waals surface area contributed by atoms with Crippen LogP contribution in [0.1, 0.15) is 31.3 Å². The van der Waals surface area contributed by atoms with Crippen LogP contribution < -0.4 is 10.6 Å². The fourth-order valence-electron chi connectivity index (χ4n) is 1.85. The van der Waals surface area contributed by atoms with E-state index in [-0.39, 0.29) is 16.8 Å². The summed E-state index contributed by atoms with van der Waals surface area (Å²) < 4.78 is 5.32. The zero-order valence-electron chi connectivity index (χ0n) is 13.5. The van der Waals surface area contributed by atoms with Crippen molar-refractivity contribution in [2.75, 3.05) is 5.32 Å². The number of rotatable bonds is 3. The standard InChI is InChI=1S/C17H18N2O4S/c1-17(2,3)15(22)19-16(24)18-11-7-5-4-6-10(11)12-8-9-13(23-12)14(20)21/h4-9H,1-3H3,(H,20,21)(H2,18,19,22,24). The molecule has 0 radical (unpaired) electrons. The molecule has 0 aliphatic rings. The van der Waals surface area contributed by atoms with E-state index in [4.69, 9.17) is 21.7 Å². The van der Waals surface area contributed by atoms with E-state index in [1.165, 1.54) is 6.07 Å². The number of benzene rings is 1. The average Bonchev–Trinajstić information content (AvgIpc) is 2.96. The molecule has 0 aliphatic heterocycles. The molecule has 1 aromatic carbocycles. The molecule has 6 nitrogen and oxygen atoms in total. The number of aromatic carboxylic acids is 1. The Morgan fingerprint density at radius 1 is 1.12 bits per heavy atom. The minimum atomic E-state index is -1.14. The number of carboxylic acid groups (broad SMARTS) is 1. The predicted octanol–water partition coefficient (Wildman–Crippen LogP) is 3.50. The summed E-state index contributed by atoms with van der Waals surface area (Å²) in [4.78, 5) is 22.9. The van der Waals surface area contributed by atoms with Gasteiger partial charge in [0.15, 0.2) is 5.11 Å². The SMILES string of the molecule is CC(C)(C)C(=O)NC(=S)Nc1ccccc1-c1ccc(C(=O)O)o1. The molecule has 0 saturated heterocycles. The quantitative estimate of drug-likeness (QED) is 0.737. The molecule has 24 heavy (non-hydrogen) atoms. The number of carbonyl (C=O) groups is 2. The highest BCUT2D eigenvalue weighted by Crippen LogP contribution is 2.29. The van der Waals surface area contributed by atoms with Crippen molar-refractivity contribution >= 4 is 34.9 Å². The Hall–Kier alpha value is -2.67. The van der Waals surface area contributed by atoms with Crippen molar-refractivity contribution in [1.82, 2.24) is 5.32 Å². The molecule has 0 bridgehead atoms. The van der Waals surface area contributed by atoms with Crippen LogP contribution in [0.4, 0.5) is 5.69 Å². The highest BCUT2D eigenvalue weighted by atomic mass is 32.1. The van der Waals surface area contributed by atoms with E-state index in [0.29, 0.717) is 17.0 Å². The molecule has 7 heteroatoms. The van der Waals surface area contributed by atoms with Gasteiger partial charge in [0, 0.05) is 11.0 Å². The van der Waals surface area contributed by atoms with Crippen LogP contribution in [-0.2, 0) is 4.79 Å². The Balaban J connectivity index is 2.21. The second-order valence-corrected chi connectivity index (χ2v) is 6.58. The van der Waals surface area contributed by atoms with Crippen LogP contribution in [0.2, 0.25) is 0 Å². The average molecular weight is 346 g/mol. The van der Waals surface area contributed by atoms with Gasteiger partial charge in [-0.3, -0.25) is 4.79 Å². The molecule has 126 valence electrons. The number of hydrogen-bond donors (Lipinski definition) is 3. The zero-order chi connectivity index (χ0) is 17.9. The molecule has 0 saturated carbocycles. The van der Waals surface area contributed by atoms with Crippen LogP contribution in [-0.4, -0.2) is 22.1 Å². The molecule has 0 spiro atoms. The van der Waals surface area contributed by atoms with Crippen LogP contribution in [0.15, 0.2) is 40.8 Å². The van der Waals surface area contributed by atoms with Gasteiger partial charge in [-0.1, -0.05) is 32.9 Å². The van der Waals surface area contributed by atoms with Gasteiger partial charge in [0.1, 0.15) is 5.76 Å². The lowest BCUT2D eigenvalue weighted by Gasteiger charge is -2.19. The fraction of sp³-hybridized carbons (Fsp3) is 0.235. The first-order valence-corrected chi connectivity index (χ1v) is 7.64. The van der Waals surface area contributed by atoms with E-state index in [9.17, 15) is 9.59 Å². The highest BCUT2D eigenvalue weighted by molar-refractivity contribution is 7.80. The van der Waals surface area contributed by atoms with Gasteiger partial charge >= 0.3 is 5.97 Å². The Kier molecular flexibility index (Phi) is 5.04. The summed E-state index contributed by atoms with van der Waals surface area (Å²) in [5.74, 6) is -1.10. The van der Waals surface area contributed by atoms with Gasteiger partial charge < -0.3 is 20.2 Å². The van der Waals surface area contributed by atoms with E-state index in [1.807, 2.05) is 0 Å². The molecule has 0 unspecified atom stereocenters. The van der Waals surface area contributed by atoms with E-state index in [1.54, 1.807) is 51.1 Å². The third kappa shape index (κ3) is 4.20. The molecule has 1 heterocycles. The zero-order valence-corrected chi connectivity index (χ0v) is 14.4. The molecule has 1 amide bonds. The minimum absolute atomic E-state index is 0.150. The molecule has 0 fully saturated rings. The number of hydrogen-bond acceptors (Lipinski definition) is 4. The van der Waals surface area contributed by atoms with Crippen LogP contribution >= 0.6 is 12.2 Å². The van der Waals surface area contributed by atoms with Gasteiger partial charge in [0.25, 0.3) is 0 Å². The number of thiocarbonyl (C=S) groups is 1. The van der Waals surface area contributed by atoms with E-state index in [0.717, 1.165) is 0 Å². The monoisotopic (exact) mass is 346 g/mol. The van der Waals surface area contributed by atoms with Crippen molar-refractivity contribution in [3.05, 3.63) is 42.2 Å². The summed E-state index contributed by atoms with van der Waals surface area (Å²) in [5, 5.41) is 14.7. The Morgan fingerprint density at radius 2 is 1.79 bits per heavy atom. The maximum absolute atomic E-state index is 12.0. The Labute approximate surface area is 144 Å². The summed E-state index contributed by atoms with van der Waals surface area (Å²) in [5.41, 5.74) is 0.670. The first kappa shape index (κ1) is 17.7. The number of amides is 1. The van der Waals surface area contributed by atoms with Crippen molar-refractivity contribution < 1.29 is 19.1 Å². The smallest absolute Gasteiger partial charge is 0.371 e. The third-order valence-electron chi connectivity index (χ3n) is 3.17. The summed E-state index contributed by atoms with van der Waals surface area (Å²) in [6.07, 6.45) is 0. The van der Waals surface area contributed by atoms with Crippen molar-refractivity contribution in [3.8, 4) is 11.3 Å². The van der Waals surface area contributed by atoms with Gasteiger partial charge in [0.05, 0.1) is 5.69 Å². The first-order valence-electron chi connectivity index (χ1n) is 7.23. The van der Waals surface area contributed by atoms with Crippen LogP contribution in [0.5, 0.6) is 0 Å². The molecule has 1 aromatic heterocycles. The first-order chi connectivity index (χ1) is 11.2. The van der Waals surface area contributed by atoms with Crippen molar-refractivity contribution in [2.24, 2.45) is 5.41 Å². The lowest BCUT2D eigenvalue weighted by atomic mass is 9.96. The molecular weight excluding hydrogens is 328 g/mol. The lowest BCUT2D eigenvalue weighted by Crippen LogP contribution is -2.41. The summed E-state index contributed by atoms with van der Waals surface area (Å²) in [6.45, 7) is 5.36. The summed E-state index contributed by atoms with van der Waals surface area (Å²) in [7, 11) is 0. The lowest BCUT2D eigenvalue weighted by molar-refractivity contribution is -0.126. The number of anilines is 1. The normalized spacial score (nSPS) is 11.0. The number of furan rings is 1. The summed E-state index contributed by atoms with van der Waals surface area (Å²) in [6, 6.07) is 10.1. The number of para-hydroxylation sites is 1. The molecule has 2 rings (SSSR count). The van der Waals surface area contributed by atoms with E-state index in [2.05, 4.69) is 10.6 Å². The van der Waals surface area contributed by atoms with Gasteiger partial charge in [0.2, 0.25) is 11.7 Å². The second kappa shape index (κ2) is 6.84. The van der Waals surface area contributed by atoms with E-state index < -0.39 is 11.4 Å². The van der Waals surface area contributed by atoms with Crippen LogP contribution in [0.25, 0.3) is 11.3 Å². The molecule has 0 aliphatic carbocycles. The number of carboxylic acids is 1. The predicted molar refractivity (Wildman–Crippen MR) is 94.9 cm³/mol. The van der Waals surface area contributed by atoms with Crippen molar-refractivity contribution in [1.29, 1.82) is 0 Å². The summed E-state index contributed by atoms with van der Waals surface area (Å²) >= 11 is 5.17. The van der Waals surface area contributed by atoms with Gasteiger partial charge in [-0.25, -0.2) is 4.79 Å². The Bertz CT molecular complexity index is 790. The number of nitrogens with one attached hydrogen (secondary N) is 2. The van der Waals surface area contributed by atoms with Crippen LogP contribution in [0.3, 0.4) is 0 Å². The van der Waals surface area contributed by atoms with Gasteiger partial charge in [-0.15, -0.1) is 0 Å². The topological polar surface area (TPSA) is 91.6 Å². The van der Waals surface area contributed by atoms with E-state index >= 15 is 0 Å². The number of carbonyl (C=O) groups excluding carboxylic acids is 1. The van der Waals surface area contributed by atoms with Crippen molar-refractivity contribution in [2.45, 2.75) is 20.8 Å². The third-order valence-corrected chi connectivity index (χ3v) is 3.37. The van der Waals surface area contributed by atoms with Crippen molar-refractivity contribution in [3.63, 3.8) is 0 Å². The fourth-order valence-corrected chi connectivity index (χ4v) is 2.05. The molecule has 2 aromatic rings. The Morgan fingerprint density at radius 3 is 2.38 bits per heavy atom. The maximum Gasteiger partial charge on any atom is 0.371 e. The van der Waals surface area contributed by atoms with Gasteiger partial charge in [-0.05, 0) is 36.5 Å². The molecule has 0 atom stereocenters. The molecular formula is C17H18N2O4S. The highest BCUT2D eigenvalue weighted by Gasteiger charge is 2.22. The maximum atomic E-state index is 12.0.